The van der Waals surface area contributed by atoms with Crippen molar-refractivity contribution in [3.63, 3.8) is 0 Å². The first-order valence-corrected chi connectivity index (χ1v) is 6.06. The number of hydrogen-bond donors (Lipinski definition) is 1. The van der Waals surface area contributed by atoms with E-state index in [0.717, 1.165) is 19.5 Å². The van der Waals surface area contributed by atoms with Gasteiger partial charge in [-0.1, -0.05) is 13.8 Å². The Hall–Kier alpha value is -0.610. The molecular formula is C12H23NO3. The average Bonchev–Trinajstić information content (AvgIpc) is 2.73. The molecule has 0 aromatic heterocycles. The Morgan fingerprint density at radius 1 is 1.50 bits per heavy atom. The lowest BCUT2D eigenvalue weighted by Crippen LogP contribution is -2.42. The number of nitrogens with zero attached hydrogens (tertiary/aromatic N) is 1. The van der Waals surface area contributed by atoms with Gasteiger partial charge >= 0.3 is 5.97 Å². The van der Waals surface area contributed by atoms with Crippen molar-refractivity contribution in [2.75, 3.05) is 26.7 Å². The van der Waals surface area contributed by atoms with Gasteiger partial charge < -0.3 is 9.84 Å². The fourth-order valence-corrected chi connectivity index (χ4v) is 2.40. The van der Waals surface area contributed by atoms with Crippen LogP contribution in [0.3, 0.4) is 0 Å². The second kappa shape index (κ2) is 5.64. The van der Waals surface area contributed by atoms with Crippen LogP contribution in [0.25, 0.3) is 0 Å². The molecule has 0 spiro atoms. The maximum absolute atomic E-state index is 11.4. The first kappa shape index (κ1) is 13.5. The van der Waals surface area contributed by atoms with E-state index in [9.17, 15) is 9.90 Å². The molecule has 0 aromatic carbocycles. The monoisotopic (exact) mass is 229 g/mol. The molecule has 0 aromatic rings. The Bertz CT molecular complexity index is 238. The minimum Gasteiger partial charge on any atom is -0.481 e. The molecule has 1 fully saturated rings. The Labute approximate surface area is 97.6 Å². The van der Waals surface area contributed by atoms with Crippen LogP contribution in [0.4, 0.5) is 0 Å². The predicted molar refractivity (Wildman–Crippen MR) is 62.5 cm³/mol. The summed E-state index contributed by atoms with van der Waals surface area (Å²) in [6.45, 7) is 6.39. The summed E-state index contributed by atoms with van der Waals surface area (Å²) in [5.74, 6) is -0.668. The van der Waals surface area contributed by atoms with Crippen LogP contribution < -0.4 is 0 Å². The highest BCUT2D eigenvalue weighted by molar-refractivity contribution is 5.74. The van der Waals surface area contributed by atoms with Crippen molar-refractivity contribution in [1.82, 2.24) is 4.90 Å². The Morgan fingerprint density at radius 2 is 2.12 bits per heavy atom. The van der Waals surface area contributed by atoms with Gasteiger partial charge in [0.05, 0.1) is 11.5 Å². The number of aliphatic carboxylic acids is 1. The topological polar surface area (TPSA) is 49.8 Å². The van der Waals surface area contributed by atoms with Gasteiger partial charge in [0.25, 0.3) is 0 Å². The van der Waals surface area contributed by atoms with Gasteiger partial charge in [-0.3, -0.25) is 9.69 Å². The Balaban J connectivity index is 2.59. The van der Waals surface area contributed by atoms with Crippen molar-refractivity contribution in [2.24, 2.45) is 5.41 Å². The van der Waals surface area contributed by atoms with Gasteiger partial charge in [0.1, 0.15) is 0 Å². The van der Waals surface area contributed by atoms with Crippen molar-refractivity contribution in [1.29, 1.82) is 0 Å². The molecule has 16 heavy (non-hydrogen) atoms. The number of hydrogen-bond acceptors (Lipinski definition) is 3. The van der Waals surface area contributed by atoms with Crippen molar-refractivity contribution in [2.45, 2.75) is 39.2 Å². The van der Waals surface area contributed by atoms with Crippen LogP contribution in [0.2, 0.25) is 0 Å². The minimum atomic E-state index is -0.668. The van der Waals surface area contributed by atoms with Crippen molar-refractivity contribution in [3.05, 3.63) is 0 Å². The van der Waals surface area contributed by atoms with Gasteiger partial charge in [-0.25, -0.2) is 0 Å². The number of carboxylic acid groups (broad SMARTS) is 1. The fourth-order valence-electron chi connectivity index (χ4n) is 2.40. The summed E-state index contributed by atoms with van der Waals surface area (Å²) < 4.78 is 5.29. The zero-order valence-electron chi connectivity index (χ0n) is 10.5. The second-order valence-corrected chi connectivity index (χ2v) is 4.67. The smallest absolute Gasteiger partial charge is 0.310 e. The van der Waals surface area contributed by atoms with E-state index in [1.807, 2.05) is 13.8 Å². The molecule has 1 N–H and O–H groups in total. The summed E-state index contributed by atoms with van der Waals surface area (Å²) >= 11 is 0. The first-order valence-electron chi connectivity index (χ1n) is 6.06. The minimum absolute atomic E-state index is 0.278. The lowest BCUT2D eigenvalue weighted by atomic mass is 9.82. The van der Waals surface area contributed by atoms with Gasteiger partial charge in [0, 0.05) is 26.7 Å². The van der Waals surface area contributed by atoms with Gasteiger partial charge in [-0.15, -0.1) is 0 Å². The molecule has 0 bridgehead atoms. The number of methoxy groups -OCH3 is 1. The average molecular weight is 229 g/mol. The quantitative estimate of drug-likeness (QED) is 0.751. The maximum Gasteiger partial charge on any atom is 0.310 e. The molecule has 4 nitrogen and oxygen atoms in total. The van der Waals surface area contributed by atoms with Crippen molar-refractivity contribution < 1.29 is 14.6 Å². The summed E-state index contributed by atoms with van der Waals surface area (Å²) in [5, 5.41) is 9.35. The van der Waals surface area contributed by atoms with E-state index in [1.54, 1.807) is 7.11 Å². The van der Waals surface area contributed by atoms with Crippen LogP contribution >= 0.6 is 0 Å². The molecule has 4 heteroatoms. The summed E-state index contributed by atoms with van der Waals surface area (Å²) in [4.78, 5) is 13.6. The van der Waals surface area contributed by atoms with E-state index in [0.29, 0.717) is 19.4 Å². The molecule has 1 unspecified atom stereocenters. The summed E-state index contributed by atoms with van der Waals surface area (Å²) in [5.41, 5.74) is -0.581. The van der Waals surface area contributed by atoms with E-state index in [4.69, 9.17) is 4.74 Å². The zero-order chi connectivity index (χ0) is 12.2. The van der Waals surface area contributed by atoms with Crippen LogP contribution in [0.15, 0.2) is 0 Å². The molecule has 1 atom stereocenters. The standard InChI is InChI=1S/C12H23NO3/c1-4-12(5-2,11(14)15)9-13-7-6-10(8-13)16-3/h10H,4-9H2,1-3H3,(H,14,15). The van der Waals surface area contributed by atoms with Crippen molar-refractivity contribution >= 4 is 5.97 Å². The summed E-state index contributed by atoms with van der Waals surface area (Å²) in [7, 11) is 1.72. The third kappa shape index (κ3) is 2.74. The van der Waals surface area contributed by atoms with Crippen LogP contribution in [-0.2, 0) is 9.53 Å². The molecule has 0 amide bonds. The molecule has 1 heterocycles. The summed E-state index contributed by atoms with van der Waals surface area (Å²) in [6.07, 6.45) is 2.67. The van der Waals surface area contributed by atoms with E-state index in [-0.39, 0.29) is 6.10 Å². The molecule has 1 rings (SSSR count). The van der Waals surface area contributed by atoms with Crippen LogP contribution in [-0.4, -0.2) is 48.8 Å². The third-order valence-corrected chi connectivity index (χ3v) is 3.90. The van der Waals surface area contributed by atoms with E-state index in [2.05, 4.69) is 4.90 Å². The molecule has 94 valence electrons. The highest BCUT2D eigenvalue weighted by Crippen LogP contribution is 2.29. The Kier molecular flexibility index (Phi) is 4.74. The number of likely N-dealkylation sites (tertiary alicyclic amines) is 1. The molecular weight excluding hydrogens is 206 g/mol. The molecule has 1 saturated heterocycles. The van der Waals surface area contributed by atoms with E-state index >= 15 is 0 Å². The van der Waals surface area contributed by atoms with Gasteiger partial charge in [-0.2, -0.15) is 0 Å². The zero-order valence-corrected chi connectivity index (χ0v) is 10.5. The van der Waals surface area contributed by atoms with Gasteiger partial charge in [0.2, 0.25) is 0 Å². The normalized spacial score (nSPS) is 22.6. The molecule has 0 aliphatic carbocycles. The maximum atomic E-state index is 11.4. The van der Waals surface area contributed by atoms with Crippen LogP contribution in [0, 0.1) is 5.41 Å². The lowest BCUT2D eigenvalue weighted by molar-refractivity contribution is -0.150. The second-order valence-electron chi connectivity index (χ2n) is 4.67. The SMILES string of the molecule is CCC(CC)(CN1CCC(OC)C1)C(=O)O. The Morgan fingerprint density at radius 3 is 2.50 bits per heavy atom. The lowest BCUT2D eigenvalue weighted by Gasteiger charge is -2.31. The van der Waals surface area contributed by atoms with Crippen LogP contribution in [0.5, 0.6) is 0 Å². The number of carbonyl (C=O) groups is 1. The number of rotatable bonds is 6. The first-order chi connectivity index (χ1) is 7.57. The van der Waals surface area contributed by atoms with E-state index in [1.165, 1.54) is 0 Å². The molecule has 1 aliphatic heterocycles. The third-order valence-electron chi connectivity index (χ3n) is 3.90. The number of carboxylic acids is 1. The summed E-state index contributed by atoms with van der Waals surface area (Å²) in [6, 6.07) is 0. The van der Waals surface area contributed by atoms with Gasteiger partial charge in [0.15, 0.2) is 0 Å². The molecule has 0 radical (unpaired) electrons. The highest BCUT2D eigenvalue weighted by atomic mass is 16.5. The largest absolute Gasteiger partial charge is 0.481 e. The number of ether oxygens (including phenoxy) is 1. The van der Waals surface area contributed by atoms with Crippen LogP contribution in [0.1, 0.15) is 33.1 Å². The van der Waals surface area contributed by atoms with E-state index < -0.39 is 11.4 Å². The fraction of sp³-hybridized carbons (Fsp3) is 0.917. The van der Waals surface area contributed by atoms with Crippen molar-refractivity contribution in [3.8, 4) is 0 Å². The predicted octanol–water partition coefficient (Wildman–Crippen LogP) is 1.60. The van der Waals surface area contributed by atoms with Gasteiger partial charge in [-0.05, 0) is 19.3 Å². The molecule has 1 aliphatic rings. The molecule has 0 saturated carbocycles. The highest BCUT2D eigenvalue weighted by Gasteiger charge is 2.38.